The fourth-order valence-electron chi connectivity index (χ4n) is 2.78. The van der Waals surface area contributed by atoms with E-state index in [4.69, 9.17) is 4.74 Å². The lowest BCUT2D eigenvalue weighted by atomic mass is 10.0. The normalized spacial score (nSPS) is 24.5. The fraction of sp³-hybridized carbons (Fsp3) is 0.571. The molecule has 1 aromatic carbocycles. The third-order valence-corrected chi connectivity index (χ3v) is 3.63. The number of fused-ring (bicyclic) bond motifs is 1. The van der Waals surface area contributed by atoms with Crippen LogP contribution in [-0.2, 0) is 11.2 Å². The Hall–Kier alpha value is -1.06. The Morgan fingerprint density at radius 2 is 2.29 bits per heavy atom. The Labute approximate surface area is 103 Å². The third kappa shape index (κ3) is 2.45. The van der Waals surface area contributed by atoms with Crippen LogP contribution in [0.15, 0.2) is 24.3 Å². The van der Waals surface area contributed by atoms with Gasteiger partial charge >= 0.3 is 0 Å². The SMILES string of the molecule is c1ccc2c(c1)CCCN2CC1CNCCO1. The maximum Gasteiger partial charge on any atom is 0.0874 e. The van der Waals surface area contributed by atoms with E-state index >= 15 is 0 Å². The first-order valence-electron chi connectivity index (χ1n) is 6.58. The van der Waals surface area contributed by atoms with Crippen molar-refractivity contribution in [1.82, 2.24) is 5.32 Å². The van der Waals surface area contributed by atoms with E-state index in [1.807, 2.05) is 0 Å². The molecule has 0 amide bonds. The maximum atomic E-state index is 5.79. The van der Waals surface area contributed by atoms with Gasteiger partial charge in [0.05, 0.1) is 12.7 Å². The first-order chi connectivity index (χ1) is 8.43. The van der Waals surface area contributed by atoms with Crippen LogP contribution in [0.1, 0.15) is 12.0 Å². The van der Waals surface area contributed by atoms with Gasteiger partial charge < -0.3 is 15.0 Å². The van der Waals surface area contributed by atoms with Crippen LogP contribution >= 0.6 is 0 Å². The molecule has 0 aromatic heterocycles. The highest BCUT2D eigenvalue weighted by Gasteiger charge is 2.21. The van der Waals surface area contributed by atoms with Gasteiger partial charge in [0, 0.05) is 31.9 Å². The van der Waals surface area contributed by atoms with Gasteiger partial charge in [-0.3, -0.25) is 0 Å². The van der Waals surface area contributed by atoms with Gasteiger partial charge in [0.15, 0.2) is 0 Å². The largest absolute Gasteiger partial charge is 0.374 e. The quantitative estimate of drug-likeness (QED) is 0.835. The molecule has 3 heteroatoms. The van der Waals surface area contributed by atoms with E-state index in [-0.39, 0.29) is 0 Å². The van der Waals surface area contributed by atoms with Crippen molar-refractivity contribution in [2.24, 2.45) is 0 Å². The van der Waals surface area contributed by atoms with E-state index in [2.05, 4.69) is 34.5 Å². The van der Waals surface area contributed by atoms with Gasteiger partial charge in [0.2, 0.25) is 0 Å². The predicted molar refractivity (Wildman–Crippen MR) is 69.6 cm³/mol. The van der Waals surface area contributed by atoms with Crippen LogP contribution in [0.4, 0.5) is 5.69 Å². The number of nitrogens with one attached hydrogen (secondary N) is 1. The number of aryl methyl sites for hydroxylation is 1. The second kappa shape index (κ2) is 5.07. The molecule has 0 bridgehead atoms. The lowest BCUT2D eigenvalue weighted by Gasteiger charge is -2.35. The third-order valence-electron chi connectivity index (χ3n) is 3.63. The molecule has 1 fully saturated rings. The van der Waals surface area contributed by atoms with Gasteiger partial charge in [-0.15, -0.1) is 0 Å². The smallest absolute Gasteiger partial charge is 0.0874 e. The van der Waals surface area contributed by atoms with Gasteiger partial charge in [0.1, 0.15) is 0 Å². The second-order valence-electron chi connectivity index (χ2n) is 4.88. The van der Waals surface area contributed by atoms with Crippen molar-refractivity contribution in [1.29, 1.82) is 0 Å². The zero-order chi connectivity index (χ0) is 11.5. The number of nitrogens with zero attached hydrogens (tertiary/aromatic N) is 1. The first-order valence-corrected chi connectivity index (χ1v) is 6.58. The Bertz CT molecular complexity index is 374. The summed E-state index contributed by atoms with van der Waals surface area (Å²) < 4.78 is 5.79. The van der Waals surface area contributed by atoms with Gasteiger partial charge in [-0.25, -0.2) is 0 Å². The molecule has 2 heterocycles. The molecule has 2 aliphatic rings. The molecule has 0 radical (unpaired) electrons. The van der Waals surface area contributed by atoms with Crippen molar-refractivity contribution < 1.29 is 4.74 Å². The molecule has 3 nitrogen and oxygen atoms in total. The number of hydrogen-bond donors (Lipinski definition) is 1. The molecule has 1 N–H and O–H groups in total. The van der Waals surface area contributed by atoms with Crippen molar-refractivity contribution >= 4 is 5.69 Å². The Morgan fingerprint density at radius 3 is 3.18 bits per heavy atom. The molecule has 1 atom stereocenters. The van der Waals surface area contributed by atoms with Crippen LogP contribution in [-0.4, -0.2) is 38.9 Å². The standard InChI is InChI=1S/C14H20N2O/c1-2-6-14-12(4-1)5-3-8-16(14)11-13-10-15-7-9-17-13/h1-2,4,6,13,15H,3,5,7-11H2. The maximum absolute atomic E-state index is 5.79. The molecule has 3 rings (SSSR count). The summed E-state index contributed by atoms with van der Waals surface area (Å²) in [6.45, 7) is 5.01. The summed E-state index contributed by atoms with van der Waals surface area (Å²) in [7, 11) is 0. The van der Waals surface area contributed by atoms with Crippen LogP contribution in [0.25, 0.3) is 0 Å². The minimum Gasteiger partial charge on any atom is -0.374 e. The molecule has 17 heavy (non-hydrogen) atoms. The Morgan fingerprint density at radius 1 is 1.35 bits per heavy atom. The van der Waals surface area contributed by atoms with Gasteiger partial charge in [0.25, 0.3) is 0 Å². The van der Waals surface area contributed by atoms with Crippen LogP contribution in [0.2, 0.25) is 0 Å². The van der Waals surface area contributed by atoms with Crippen molar-refractivity contribution in [3.8, 4) is 0 Å². The van der Waals surface area contributed by atoms with Gasteiger partial charge in [-0.1, -0.05) is 18.2 Å². The fourth-order valence-corrected chi connectivity index (χ4v) is 2.78. The van der Waals surface area contributed by atoms with E-state index < -0.39 is 0 Å². The minimum absolute atomic E-state index is 0.343. The molecule has 0 spiro atoms. The average Bonchev–Trinajstić information content (AvgIpc) is 2.40. The Kier molecular flexibility index (Phi) is 3.29. The molecule has 0 saturated carbocycles. The second-order valence-corrected chi connectivity index (χ2v) is 4.88. The summed E-state index contributed by atoms with van der Waals surface area (Å²) in [5.74, 6) is 0. The number of hydrogen-bond acceptors (Lipinski definition) is 3. The molecule has 1 unspecified atom stereocenters. The topological polar surface area (TPSA) is 24.5 Å². The predicted octanol–water partition coefficient (Wildman–Crippen LogP) is 1.43. The summed E-state index contributed by atoms with van der Waals surface area (Å²) in [5.41, 5.74) is 2.90. The number of morpholine rings is 1. The molecule has 1 saturated heterocycles. The van der Waals surface area contributed by atoms with Gasteiger partial charge in [-0.05, 0) is 24.5 Å². The van der Waals surface area contributed by atoms with Gasteiger partial charge in [-0.2, -0.15) is 0 Å². The van der Waals surface area contributed by atoms with Crippen LogP contribution < -0.4 is 10.2 Å². The molecular weight excluding hydrogens is 212 g/mol. The highest BCUT2D eigenvalue weighted by atomic mass is 16.5. The van der Waals surface area contributed by atoms with Crippen molar-refractivity contribution in [3.05, 3.63) is 29.8 Å². The summed E-state index contributed by atoms with van der Waals surface area (Å²) in [5, 5.41) is 3.40. The van der Waals surface area contributed by atoms with Crippen molar-refractivity contribution in [3.63, 3.8) is 0 Å². The summed E-state index contributed by atoms with van der Waals surface area (Å²) in [6.07, 6.45) is 2.82. The number of anilines is 1. The summed E-state index contributed by atoms with van der Waals surface area (Å²) in [4.78, 5) is 2.48. The molecule has 92 valence electrons. The van der Waals surface area contributed by atoms with E-state index in [0.29, 0.717) is 6.10 Å². The van der Waals surface area contributed by atoms with E-state index in [1.165, 1.54) is 24.1 Å². The van der Waals surface area contributed by atoms with Crippen LogP contribution in [0.3, 0.4) is 0 Å². The highest BCUT2D eigenvalue weighted by molar-refractivity contribution is 5.55. The van der Waals surface area contributed by atoms with E-state index in [0.717, 1.165) is 32.8 Å². The molecular formula is C14H20N2O. The minimum atomic E-state index is 0.343. The number of rotatable bonds is 2. The van der Waals surface area contributed by atoms with Crippen LogP contribution in [0, 0.1) is 0 Å². The zero-order valence-electron chi connectivity index (χ0n) is 10.2. The number of benzene rings is 1. The molecule has 0 aliphatic carbocycles. The highest BCUT2D eigenvalue weighted by Crippen LogP contribution is 2.26. The monoisotopic (exact) mass is 232 g/mol. The lowest BCUT2D eigenvalue weighted by Crippen LogP contribution is -2.46. The zero-order valence-corrected chi connectivity index (χ0v) is 10.2. The molecule has 2 aliphatic heterocycles. The van der Waals surface area contributed by atoms with Crippen molar-refractivity contribution in [2.45, 2.75) is 18.9 Å². The molecule has 1 aromatic rings. The van der Waals surface area contributed by atoms with Crippen molar-refractivity contribution in [2.75, 3.05) is 37.7 Å². The summed E-state index contributed by atoms with van der Waals surface area (Å²) in [6, 6.07) is 8.77. The van der Waals surface area contributed by atoms with Crippen LogP contribution in [0.5, 0.6) is 0 Å². The summed E-state index contributed by atoms with van der Waals surface area (Å²) >= 11 is 0. The van der Waals surface area contributed by atoms with E-state index in [1.54, 1.807) is 0 Å². The Balaban J connectivity index is 1.71. The van der Waals surface area contributed by atoms with E-state index in [9.17, 15) is 0 Å². The number of ether oxygens (including phenoxy) is 1. The average molecular weight is 232 g/mol. The lowest BCUT2D eigenvalue weighted by molar-refractivity contribution is 0.0332. The number of para-hydroxylation sites is 1. The first kappa shape index (κ1) is 11.1.